The highest BCUT2D eigenvalue weighted by atomic mass is 32.2. The minimum atomic E-state index is -5.19. The second-order valence-corrected chi connectivity index (χ2v) is 10.0. The Balaban J connectivity index is 1.99. The number of sulfonamides is 1. The van der Waals surface area contributed by atoms with Crippen LogP contribution >= 0.6 is 0 Å². The lowest BCUT2D eigenvalue weighted by Gasteiger charge is -2.30. The van der Waals surface area contributed by atoms with Gasteiger partial charge in [-0.3, -0.25) is 14.4 Å². The van der Waals surface area contributed by atoms with Crippen molar-refractivity contribution in [2.75, 3.05) is 16.2 Å². The van der Waals surface area contributed by atoms with Crippen LogP contribution in [0.1, 0.15) is 36.2 Å². The molecule has 1 N–H and O–H groups in total. The van der Waals surface area contributed by atoms with Gasteiger partial charge in [-0.1, -0.05) is 0 Å². The SMILES string of the molecule is CC(C)(OC(=O)Nc1ccc2c(c1)N(S(=O)(=O)c1ccc(F)c(C(F)(F)F)c1)CCC2=O)C(F)(F)F. The largest absolute Gasteiger partial charge is 0.434 e. The molecule has 0 saturated carbocycles. The number of hydrogen-bond donors (Lipinski definition) is 1. The molecule has 0 atom stereocenters. The van der Waals surface area contributed by atoms with Gasteiger partial charge in [0.2, 0.25) is 5.60 Å². The van der Waals surface area contributed by atoms with Crippen LogP contribution < -0.4 is 9.62 Å². The molecule has 1 heterocycles. The van der Waals surface area contributed by atoms with E-state index in [4.69, 9.17) is 0 Å². The molecule has 15 heteroatoms. The van der Waals surface area contributed by atoms with Crippen molar-refractivity contribution < 1.29 is 53.5 Å². The first-order valence-corrected chi connectivity index (χ1v) is 11.4. The zero-order valence-corrected chi connectivity index (χ0v) is 19.2. The summed E-state index contributed by atoms with van der Waals surface area (Å²) in [6.07, 6.45) is -12.0. The Morgan fingerprint density at radius 1 is 1.03 bits per heavy atom. The maximum Gasteiger partial charge on any atom is 0.427 e. The van der Waals surface area contributed by atoms with E-state index in [0.717, 1.165) is 18.2 Å². The van der Waals surface area contributed by atoms with E-state index in [1.807, 2.05) is 5.32 Å². The maximum absolute atomic E-state index is 13.7. The number of anilines is 2. The van der Waals surface area contributed by atoms with Gasteiger partial charge in [-0.25, -0.2) is 17.6 Å². The second-order valence-electron chi connectivity index (χ2n) is 8.14. The van der Waals surface area contributed by atoms with Gasteiger partial charge in [0.05, 0.1) is 16.1 Å². The molecule has 7 nitrogen and oxygen atoms in total. The zero-order valence-electron chi connectivity index (χ0n) is 18.4. The first kappa shape index (κ1) is 27.2. The molecule has 0 unspecified atom stereocenters. The summed E-state index contributed by atoms with van der Waals surface area (Å²) in [7, 11) is -4.77. The first-order valence-electron chi connectivity index (χ1n) is 9.98. The van der Waals surface area contributed by atoms with Crippen LogP contribution in [0.5, 0.6) is 0 Å². The van der Waals surface area contributed by atoms with Crippen molar-refractivity contribution in [3.05, 3.63) is 53.3 Å². The summed E-state index contributed by atoms with van der Waals surface area (Å²) in [5, 5.41) is 1.99. The number of rotatable bonds is 4. The maximum atomic E-state index is 13.7. The van der Waals surface area contributed by atoms with Crippen LogP contribution in [0.3, 0.4) is 0 Å². The predicted molar refractivity (Wildman–Crippen MR) is 112 cm³/mol. The number of hydrogen-bond acceptors (Lipinski definition) is 5. The number of ether oxygens (including phenoxy) is 1. The van der Waals surface area contributed by atoms with Crippen molar-refractivity contribution in [1.29, 1.82) is 0 Å². The molecular weight excluding hydrogens is 525 g/mol. The van der Waals surface area contributed by atoms with Crippen molar-refractivity contribution >= 4 is 33.3 Å². The van der Waals surface area contributed by atoms with Gasteiger partial charge >= 0.3 is 18.4 Å². The van der Waals surface area contributed by atoms with Crippen LogP contribution in [0.15, 0.2) is 41.3 Å². The van der Waals surface area contributed by atoms with E-state index in [9.17, 15) is 48.7 Å². The summed E-state index contributed by atoms with van der Waals surface area (Å²) in [6.45, 7) is 0.705. The Morgan fingerprint density at radius 2 is 1.67 bits per heavy atom. The van der Waals surface area contributed by atoms with Gasteiger partial charge in [0.1, 0.15) is 5.82 Å². The number of ketones is 1. The second kappa shape index (κ2) is 8.94. The first-order chi connectivity index (χ1) is 16.3. The number of Topliss-reactive ketones (excluding diaryl/α,β-unsaturated/α-hetero) is 1. The lowest BCUT2D eigenvalue weighted by molar-refractivity contribution is -0.242. The highest BCUT2D eigenvalue weighted by Crippen LogP contribution is 2.38. The molecule has 36 heavy (non-hydrogen) atoms. The van der Waals surface area contributed by atoms with Crippen molar-refractivity contribution in [3.8, 4) is 0 Å². The minimum Gasteiger partial charge on any atom is -0.434 e. The number of carbonyl (C=O) groups excluding carboxylic acids is 2. The summed E-state index contributed by atoms with van der Waals surface area (Å²) in [4.78, 5) is 23.4. The summed E-state index contributed by atoms with van der Waals surface area (Å²) in [6, 6.07) is 4.21. The van der Waals surface area contributed by atoms with E-state index in [1.54, 1.807) is 0 Å². The molecule has 0 spiro atoms. The quantitative estimate of drug-likeness (QED) is 0.514. The Kier molecular flexibility index (Phi) is 6.76. The lowest BCUT2D eigenvalue weighted by Crippen LogP contribution is -2.44. The van der Waals surface area contributed by atoms with Gasteiger partial charge in [0.15, 0.2) is 5.78 Å². The van der Waals surface area contributed by atoms with Crippen LogP contribution in [0.25, 0.3) is 0 Å². The Hall–Kier alpha value is -3.36. The van der Waals surface area contributed by atoms with Crippen LogP contribution in [-0.2, 0) is 20.9 Å². The topological polar surface area (TPSA) is 92.8 Å². The van der Waals surface area contributed by atoms with Crippen LogP contribution in [-0.4, -0.2) is 38.6 Å². The lowest BCUT2D eigenvalue weighted by atomic mass is 10.0. The smallest absolute Gasteiger partial charge is 0.427 e. The van der Waals surface area contributed by atoms with Gasteiger partial charge in [0, 0.05) is 24.2 Å². The molecular formula is C21H17F7N2O5S. The molecule has 0 radical (unpaired) electrons. The van der Waals surface area contributed by atoms with Gasteiger partial charge < -0.3 is 4.74 Å². The highest BCUT2D eigenvalue weighted by Gasteiger charge is 2.51. The minimum absolute atomic E-state index is 0.111. The van der Waals surface area contributed by atoms with Gasteiger partial charge in [0.25, 0.3) is 10.0 Å². The fourth-order valence-electron chi connectivity index (χ4n) is 3.20. The molecule has 0 fully saturated rings. The summed E-state index contributed by atoms with van der Waals surface area (Å²) in [5.74, 6) is -2.22. The molecule has 3 rings (SSSR count). The zero-order chi connectivity index (χ0) is 27.3. The number of nitrogens with zero attached hydrogens (tertiary/aromatic N) is 1. The van der Waals surface area contributed by atoms with Gasteiger partial charge in [-0.2, -0.15) is 26.3 Å². The highest BCUT2D eigenvalue weighted by molar-refractivity contribution is 7.92. The van der Waals surface area contributed by atoms with Crippen molar-refractivity contribution in [1.82, 2.24) is 0 Å². The number of carbonyl (C=O) groups is 2. The molecule has 196 valence electrons. The monoisotopic (exact) mass is 542 g/mol. The third-order valence-electron chi connectivity index (χ3n) is 5.22. The molecule has 0 aliphatic carbocycles. The fraction of sp³-hybridized carbons (Fsp3) is 0.333. The number of nitrogens with one attached hydrogen (secondary N) is 1. The Labute approximate surface area is 199 Å². The standard InChI is InChI=1S/C21H17F7N2O5S/c1-19(2,21(26,27)28)35-18(32)29-11-3-5-13-16(9-11)30(8-7-17(13)31)36(33,34)12-4-6-15(22)14(10-12)20(23,24)25/h3-6,9-10H,7-8H2,1-2H3,(H,29,32). The summed E-state index contributed by atoms with van der Waals surface area (Å²) < 4.78 is 123. The summed E-state index contributed by atoms with van der Waals surface area (Å²) in [5.41, 5.74) is -5.46. The van der Waals surface area contributed by atoms with Gasteiger partial charge in [-0.05, 0) is 50.2 Å². The molecule has 0 bridgehead atoms. The van der Waals surface area contributed by atoms with E-state index in [1.165, 1.54) is 0 Å². The molecule has 2 aromatic carbocycles. The van der Waals surface area contributed by atoms with Crippen LogP contribution in [0.2, 0.25) is 0 Å². The molecule has 2 aromatic rings. The average molecular weight is 542 g/mol. The Bertz CT molecular complexity index is 1320. The number of amides is 1. The Morgan fingerprint density at radius 3 is 2.25 bits per heavy atom. The number of halogens is 7. The number of fused-ring (bicyclic) bond motifs is 1. The van der Waals surface area contributed by atoms with E-state index in [2.05, 4.69) is 4.74 Å². The fourth-order valence-corrected chi connectivity index (χ4v) is 4.70. The van der Waals surface area contributed by atoms with Crippen LogP contribution in [0, 0.1) is 5.82 Å². The third kappa shape index (κ3) is 5.24. The summed E-state index contributed by atoms with van der Waals surface area (Å²) >= 11 is 0. The molecule has 1 aliphatic heterocycles. The van der Waals surface area contributed by atoms with E-state index >= 15 is 0 Å². The normalized spacial score (nSPS) is 14.9. The molecule has 1 amide bonds. The average Bonchev–Trinajstić information content (AvgIpc) is 2.71. The van der Waals surface area contributed by atoms with Gasteiger partial charge in [-0.15, -0.1) is 0 Å². The third-order valence-corrected chi connectivity index (χ3v) is 7.03. The van der Waals surface area contributed by atoms with Crippen molar-refractivity contribution in [2.24, 2.45) is 0 Å². The predicted octanol–water partition coefficient (Wildman–Crippen LogP) is 5.52. The van der Waals surface area contributed by atoms with Crippen molar-refractivity contribution in [3.63, 3.8) is 0 Å². The van der Waals surface area contributed by atoms with E-state index < -0.39 is 62.7 Å². The molecule has 0 aromatic heterocycles. The van der Waals surface area contributed by atoms with Crippen LogP contribution in [0.4, 0.5) is 46.9 Å². The molecule has 0 saturated heterocycles. The van der Waals surface area contributed by atoms with E-state index in [-0.39, 0.29) is 29.4 Å². The number of benzene rings is 2. The van der Waals surface area contributed by atoms with E-state index in [0.29, 0.717) is 30.3 Å². The number of alkyl halides is 6. The molecule has 1 aliphatic rings. The van der Waals surface area contributed by atoms with Crippen molar-refractivity contribution in [2.45, 2.75) is 43.1 Å².